The number of carbonyl (C=O) groups is 2. The van der Waals surface area contributed by atoms with Crippen LogP contribution in [0.3, 0.4) is 0 Å². The molecule has 0 amide bonds. The van der Waals surface area contributed by atoms with Crippen LogP contribution in [0.15, 0.2) is 42.5 Å². The van der Waals surface area contributed by atoms with Gasteiger partial charge in [-0.1, -0.05) is 24.3 Å². The van der Waals surface area contributed by atoms with E-state index in [-0.39, 0.29) is 24.5 Å². The number of phenolic OH excluding ortho intramolecular Hbond substituents is 2. The molecule has 4 N–H and O–H groups in total. The summed E-state index contributed by atoms with van der Waals surface area (Å²) < 4.78 is 10.2. The van der Waals surface area contributed by atoms with Crippen molar-refractivity contribution in [3.05, 3.63) is 53.6 Å². The Kier molecular flexibility index (Phi) is 5.97. The molecule has 0 aliphatic rings. The van der Waals surface area contributed by atoms with Crippen LogP contribution in [-0.4, -0.2) is 28.2 Å². The van der Waals surface area contributed by atoms with Gasteiger partial charge in [-0.3, -0.25) is 9.59 Å². The lowest BCUT2D eigenvalue weighted by Crippen LogP contribution is -2.34. The first kappa shape index (κ1) is 18.3. The Labute approximate surface area is 144 Å². The molecule has 0 saturated carbocycles. The number of rotatable bonds is 6. The average Bonchev–Trinajstić information content (AvgIpc) is 2.56. The van der Waals surface area contributed by atoms with Gasteiger partial charge in [0.05, 0.1) is 0 Å². The number of benzene rings is 2. The third-order valence-corrected chi connectivity index (χ3v) is 3.39. The molecule has 25 heavy (non-hydrogen) atoms. The van der Waals surface area contributed by atoms with E-state index in [1.165, 1.54) is 19.1 Å². The van der Waals surface area contributed by atoms with Crippen LogP contribution in [0.25, 0.3) is 0 Å². The molecule has 2 aromatic carbocycles. The topological polar surface area (TPSA) is 119 Å². The highest BCUT2D eigenvalue weighted by Gasteiger charge is 2.17. The van der Waals surface area contributed by atoms with Crippen LogP contribution in [0.5, 0.6) is 17.2 Å². The molecular formula is C18H19NO6. The Bertz CT molecular complexity index is 774. The molecule has 7 heteroatoms. The lowest BCUT2D eigenvalue weighted by molar-refractivity contribution is -0.146. The van der Waals surface area contributed by atoms with Crippen LogP contribution in [-0.2, 0) is 27.4 Å². The molecule has 0 aliphatic carbocycles. The Morgan fingerprint density at radius 1 is 1.12 bits per heavy atom. The third kappa shape index (κ3) is 5.22. The van der Waals surface area contributed by atoms with Crippen LogP contribution in [0.4, 0.5) is 0 Å². The number of esters is 2. The number of phenols is 2. The lowest BCUT2D eigenvalue weighted by Gasteiger charge is -2.13. The molecule has 0 bridgehead atoms. The van der Waals surface area contributed by atoms with Gasteiger partial charge in [-0.2, -0.15) is 0 Å². The number of carbonyl (C=O) groups excluding carboxylic acids is 2. The molecule has 2 aromatic rings. The Balaban J connectivity index is 1.95. The highest BCUT2D eigenvalue weighted by Crippen LogP contribution is 2.25. The predicted molar refractivity (Wildman–Crippen MR) is 89.0 cm³/mol. The molecule has 2 rings (SSSR count). The zero-order valence-electron chi connectivity index (χ0n) is 13.6. The summed E-state index contributed by atoms with van der Waals surface area (Å²) in [5.41, 5.74) is 6.94. The summed E-state index contributed by atoms with van der Waals surface area (Å²) in [6, 6.07) is 9.97. The molecule has 7 nitrogen and oxygen atoms in total. The van der Waals surface area contributed by atoms with Crippen LogP contribution in [0.1, 0.15) is 18.1 Å². The van der Waals surface area contributed by atoms with Gasteiger partial charge in [-0.25, -0.2) is 0 Å². The second kappa shape index (κ2) is 8.16. The van der Waals surface area contributed by atoms with E-state index in [0.717, 1.165) is 0 Å². The molecule has 132 valence electrons. The second-order valence-corrected chi connectivity index (χ2v) is 5.44. The fraction of sp³-hybridized carbons (Fsp3) is 0.222. The molecule has 0 aromatic heterocycles. The van der Waals surface area contributed by atoms with Gasteiger partial charge in [-0.05, 0) is 30.2 Å². The summed E-state index contributed by atoms with van der Waals surface area (Å²) in [6.07, 6.45) is 0.137. The first-order valence-electron chi connectivity index (χ1n) is 7.56. The van der Waals surface area contributed by atoms with Gasteiger partial charge in [0.2, 0.25) is 0 Å². The molecule has 0 unspecified atom stereocenters. The van der Waals surface area contributed by atoms with Crippen LogP contribution < -0.4 is 10.5 Å². The minimum absolute atomic E-state index is 0.0865. The van der Waals surface area contributed by atoms with Crippen molar-refractivity contribution in [2.45, 2.75) is 26.0 Å². The highest BCUT2D eigenvalue weighted by molar-refractivity contribution is 5.76. The Morgan fingerprint density at radius 3 is 2.52 bits per heavy atom. The second-order valence-electron chi connectivity index (χ2n) is 5.44. The SMILES string of the molecule is CC(=O)Oc1ccccc1COC(=O)[C@@H](N)Cc1ccc(O)c(O)c1. The largest absolute Gasteiger partial charge is 0.504 e. The molecule has 0 heterocycles. The zero-order chi connectivity index (χ0) is 18.4. The smallest absolute Gasteiger partial charge is 0.323 e. The Morgan fingerprint density at radius 2 is 1.84 bits per heavy atom. The summed E-state index contributed by atoms with van der Waals surface area (Å²) >= 11 is 0. The minimum atomic E-state index is -0.940. The summed E-state index contributed by atoms with van der Waals surface area (Å²) in [5, 5.41) is 18.7. The maximum absolute atomic E-state index is 12.0. The monoisotopic (exact) mass is 345 g/mol. The quantitative estimate of drug-likeness (QED) is 0.413. The maximum Gasteiger partial charge on any atom is 0.323 e. The molecule has 1 atom stereocenters. The van der Waals surface area contributed by atoms with Gasteiger partial charge < -0.3 is 25.4 Å². The van der Waals surface area contributed by atoms with Crippen molar-refractivity contribution in [2.75, 3.05) is 0 Å². The zero-order valence-corrected chi connectivity index (χ0v) is 13.6. The number of nitrogens with two attached hydrogens (primary N) is 1. The van der Waals surface area contributed by atoms with Gasteiger partial charge in [-0.15, -0.1) is 0 Å². The van der Waals surface area contributed by atoms with Gasteiger partial charge in [0.15, 0.2) is 11.5 Å². The number of ether oxygens (including phenoxy) is 2. The van der Waals surface area contributed by atoms with Gasteiger partial charge >= 0.3 is 11.9 Å². The van der Waals surface area contributed by atoms with Crippen molar-refractivity contribution in [1.82, 2.24) is 0 Å². The molecule has 0 aliphatic heterocycles. The lowest BCUT2D eigenvalue weighted by atomic mass is 10.1. The van der Waals surface area contributed by atoms with Crippen molar-refractivity contribution < 1.29 is 29.3 Å². The van der Waals surface area contributed by atoms with E-state index < -0.39 is 18.0 Å². The normalized spacial score (nSPS) is 11.6. The fourth-order valence-corrected chi connectivity index (χ4v) is 2.17. The predicted octanol–water partition coefficient (Wildman–Crippen LogP) is 1.64. The fourth-order valence-electron chi connectivity index (χ4n) is 2.17. The number of hydrogen-bond donors (Lipinski definition) is 3. The summed E-state index contributed by atoms with van der Waals surface area (Å²) in [6.45, 7) is 1.20. The first-order valence-corrected chi connectivity index (χ1v) is 7.56. The number of aromatic hydroxyl groups is 2. The summed E-state index contributed by atoms with van der Waals surface area (Å²) in [5.74, 6) is -1.32. The standard InChI is InChI=1S/C18H19NO6/c1-11(20)25-17-5-3-2-4-13(17)10-24-18(23)14(19)8-12-6-7-15(21)16(22)9-12/h2-7,9,14,21-22H,8,10,19H2,1H3/t14-/m0/s1. The summed E-state index contributed by atoms with van der Waals surface area (Å²) in [4.78, 5) is 23.1. The van der Waals surface area contributed by atoms with Gasteiger partial charge in [0.25, 0.3) is 0 Å². The van der Waals surface area contributed by atoms with Crippen molar-refractivity contribution >= 4 is 11.9 Å². The number of para-hydroxylation sites is 1. The van der Waals surface area contributed by atoms with Crippen molar-refractivity contribution in [2.24, 2.45) is 5.73 Å². The Hall–Kier alpha value is -3.06. The minimum Gasteiger partial charge on any atom is -0.504 e. The van der Waals surface area contributed by atoms with E-state index in [1.807, 2.05) is 0 Å². The molecule has 0 radical (unpaired) electrons. The van der Waals surface area contributed by atoms with Crippen LogP contribution in [0.2, 0.25) is 0 Å². The molecule has 0 saturated heterocycles. The van der Waals surface area contributed by atoms with E-state index >= 15 is 0 Å². The molecular weight excluding hydrogens is 326 g/mol. The molecule has 0 spiro atoms. The van der Waals surface area contributed by atoms with Crippen molar-refractivity contribution in [3.8, 4) is 17.2 Å². The molecule has 0 fully saturated rings. The van der Waals surface area contributed by atoms with Crippen molar-refractivity contribution in [1.29, 1.82) is 0 Å². The van der Waals surface area contributed by atoms with Gasteiger partial charge in [0.1, 0.15) is 18.4 Å². The van der Waals surface area contributed by atoms with E-state index in [4.69, 9.17) is 15.2 Å². The highest BCUT2D eigenvalue weighted by atomic mass is 16.5. The van der Waals surface area contributed by atoms with E-state index in [1.54, 1.807) is 30.3 Å². The van der Waals surface area contributed by atoms with Crippen LogP contribution >= 0.6 is 0 Å². The van der Waals surface area contributed by atoms with E-state index in [2.05, 4.69) is 0 Å². The van der Waals surface area contributed by atoms with Crippen molar-refractivity contribution in [3.63, 3.8) is 0 Å². The first-order chi connectivity index (χ1) is 11.9. The average molecular weight is 345 g/mol. The van der Waals surface area contributed by atoms with Gasteiger partial charge in [0, 0.05) is 12.5 Å². The number of hydrogen-bond acceptors (Lipinski definition) is 7. The van der Waals surface area contributed by atoms with E-state index in [0.29, 0.717) is 16.9 Å². The third-order valence-electron chi connectivity index (χ3n) is 3.39. The van der Waals surface area contributed by atoms with Crippen LogP contribution in [0, 0.1) is 0 Å². The van der Waals surface area contributed by atoms with E-state index in [9.17, 15) is 19.8 Å². The maximum atomic E-state index is 12.0. The summed E-state index contributed by atoms with van der Waals surface area (Å²) in [7, 11) is 0.